The molecule has 1 aromatic carbocycles. The number of hydrogen-bond acceptors (Lipinski definition) is 3. The van der Waals surface area contributed by atoms with Crippen molar-refractivity contribution in [3.05, 3.63) is 29.1 Å². The molecule has 78 valence electrons. The third-order valence-electron chi connectivity index (χ3n) is 2.18. The van der Waals surface area contributed by atoms with Crippen molar-refractivity contribution in [2.24, 2.45) is 5.73 Å². The molecule has 0 amide bonds. The van der Waals surface area contributed by atoms with Crippen molar-refractivity contribution in [3.63, 3.8) is 0 Å². The number of phenolic OH excluding ortho intramolecular Hbond substituents is 1. The summed E-state index contributed by atoms with van der Waals surface area (Å²) < 4.78 is 13.2. The molecule has 0 aliphatic rings. The van der Waals surface area contributed by atoms with Crippen molar-refractivity contribution >= 4 is 0 Å². The van der Waals surface area contributed by atoms with E-state index in [4.69, 9.17) is 5.73 Å². The number of hydrogen-bond donors (Lipinski definition) is 3. The third kappa shape index (κ3) is 2.02. The van der Waals surface area contributed by atoms with E-state index in [9.17, 15) is 14.6 Å². The van der Waals surface area contributed by atoms with E-state index in [1.165, 1.54) is 19.1 Å². The maximum absolute atomic E-state index is 13.2. The molecule has 0 fully saturated rings. The van der Waals surface area contributed by atoms with Crippen molar-refractivity contribution in [3.8, 4) is 5.75 Å². The first kappa shape index (κ1) is 10.9. The minimum absolute atomic E-state index is 0.167. The molecular formula is C10H14FNO2. The zero-order valence-corrected chi connectivity index (χ0v) is 8.16. The standard InChI is InChI=1S/C10H14FNO2/c1-5-8(11)3-7(4-9(5)13)10(14)6(2)12/h3-4,6,10,13-14H,12H2,1-2H3. The van der Waals surface area contributed by atoms with Crippen LogP contribution in [0.15, 0.2) is 12.1 Å². The van der Waals surface area contributed by atoms with E-state index >= 15 is 0 Å². The van der Waals surface area contributed by atoms with E-state index in [2.05, 4.69) is 0 Å². The summed E-state index contributed by atoms with van der Waals surface area (Å²) in [6.07, 6.45) is -0.962. The molecule has 0 bridgehead atoms. The van der Waals surface area contributed by atoms with Gasteiger partial charge in [0.15, 0.2) is 0 Å². The van der Waals surface area contributed by atoms with Gasteiger partial charge in [0.2, 0.25) is 0 Å². The largest absolute Gasteiger partial charge is 0.508 e. The molecular weight excluding hydrogens is 185 g/mol. The zero-order valence-electron chi connectivity index (χ0n) is 8.16. The maximum atomic E-state index is 13.2. The Balaban J connectivity index is 3.12. The number of aromatic hydroxyl groups is 1. The second-order valence-electron chi connectivity index (χ2n) is 3.45. The molecule has 4 heteroatoms. The molecule has 4 N–H and O–H groups in total. The van der Waals surface area contributed by atoms with E-state index in [-0.39, 0.29) is 11.3 Å². The average Bonchev–Trinajstić information content (AvgIpc) is 2.12. The first-order valence-corrected chi connectivity index (χ1v) is 4.36. The van der Waals surface area contributed by atoms with Crippen LogP contribution in [0.3, 0.4) is 0 Å². The van der Waals surface area contributed by atoms with Crippen LogP contribution >= 0.6 is 0 Å². The van der Waals surface area contributed by atoms with E-state index in [1.54, 1.807) is 6.92 Å². The van der Waals surface area contributed by atoms with Crippen molar-refractivity contribution in [2.45, 2.75) is 26.0 Å². The molecule has 0 heterocycles. The summed E-state index contributed by atoms with van der Waals surface area (Å²) >= 11 is 0. The van der Waals surface area contributed by atoms with Gasteiger partial charge in [-0.05, 0) is 31.5 Å². The topological polar surface area (TPSA) is 66.5 Å². The highest BCUT2D eigenvalue weighted by Crippen LogP contribution is 2.26. The Hall–Kier alpha value is -1.13. The predicted molar refractivity (Wildman–Crippen MR) is 51.4 cm³/mol. The van der Waals surface area contributed by atoms with Crippen LogP contribution in [-0.2, 0) is 0 Å². The Morgan fingerprint density at radius 3 is 2.43 bits per heavy atom. The summed E-state index contributed by atoms with van der Waals surface area (Å²) in [6, 6.07) is 2.01. The van der Waals surface area contributed by atoms with Crippen LogP contribution in [0.25, 0.3) is 0 Å². The summed E-state index contributed by atoms with van der Waals surface area (Å²) in [6.45, 7) is 3.08. The fraction of sp³-hybridized carbons (Fsp3) is 0.400. The van der Waals surface area contributed by atoms with Gasteiger partial charge in [-0.15, -0.1) is 0 Å². The van der Waals surface area contributed by atoms with Gasteiger partial charge in [-0.25, -0.2) is 4.39 Å². The summed E-state index contributed by atoms with van der Waals surface area (Å²) in [4.78, 5) is 0. The van der Waals surface area contributed by atoms with Crippen molar-refractivity contribution < 1.29 is 14.6 Å². The second kappa shape index (κ2) is 3.94. The Labute approximate surface area is 82.0 Å². The van der Waals surface area contributed by atoms with Crippen LogP contribution in [0, 0.1) is 12.7 Å². The number of benzene rings is 1. The molecule has 0 aliphatic heterocycles. The van der Waals surface area contributed by atoms with E-state index in [1.807, 2.05) is 0 Å². The first-order valence-electron chi connectivity index (χ1n) is 4.36. The van der Waals surface area contributed by atoms with Crippen LogP contribution in [0.1, 0.15) is 24.2 Å². The molecule has 3 nitrogen and oxygen atoms in total. The maximum Gasteiger partial charge on any atom is 0.130 e. The Kier molecular flexibility index (Phi) is 3.08. The lowest BCUT2D eigenvalue weighted by atomic mass is 10.0. The van der Waals surface area contributed by atoms with Gasteiger partial charge in [-0.1, -0.05) is 0 Å². The molecule has 0 saturated carbocycles. The molecule has 0 radical (unpaired) electrons. The normalized spacial score (nSPS) is 15.2. The summed E-state index contributed by atoms with van der Waals surface area (Å²) in [5, 5.41) is 18.9. The van der Waals surface area contributed by atoms with Crippen molar-refractivity contribution in [2.75, 3.05) is 0 Å². The van der Waals surface area contributed by atoms with Gasteiger partial charge in [0, 0.05) is 11.6 Å². The lowest BCUT2D eigenvalue weighted by Crippen LogP contribution is -2.24. The average molecular weight is 199 g/mol. The molecule has 0 spiro atoms. The van der Waals surface area contributed by atoms with Crippen molar-refractivity contribution in [1.29, 1.82) is 0 Å². The number of halogens is 1. The zero-order chi connectivity index (χ0) is 10.9. The quantitative estimate of drug-likeness (QED) is 0.671. The Morgan fingerprint density at radius 2 is 2.00 bits per heavy atom. The number of nitrogens with two attached hydrogens (primary N) is 1. The number of phenols is 1. The fourth-order valence-electron chi connectivity index (χ4n) is 1.16. The first-order chi connectivity index (χ1) is 6.43. The number of aliphatic hydroxyl groups excluding tert-OH is 1. The molecule has 14 heavy (non-hydrogen) atoms. The highest BCUT2D eigenvalue weighted by molar-refractivity contribution is 5.37. The van der Waals surface area contributed by atoms with E-state index < -0.39 is 18.0 Å². The van der Waals surface area contributed by atoms with Crippen LogP contribution in [-0.4, -0.2) is 16.3 Å². The Bertz CT molecular complexity index is 316. The highest BCUT2D eigenvalue weighted by Gasteiger charge is 2.15. The van der Waals surface area contributed by atoms with Gasteiger partial charge in [-0.3, -0.25) is 0 Å². The molecule has 0 aliphatic carbocycles. The van der Waals surface area contributed by atoms with E-state index in [0.29, 0.717) is 5.56 Å². The molecule has 2 unspecified atom stereocenters. The lowest BCUT2D eigenvalue weighted by molar-refractivity contribution is 0.152. The van der Waals surface area contributed by atoms with Crippen molar-refractivity contribution in [1.82, 2.24) is 0 Å². The van der Waals surface area contributed by atoms with Gasteiger partial charge >= 0.3 is 0 Å². The second-order valence-corrected chi connectivity index (χ2v) is 3.45. The third-order valence-corrected chi connectivity index (χ3v) is 2.18. The summed E-state index contributed by atoms with van der Waals surface area (Å²) in [5.41, 5.74) is 5.92. The fourth-order valence-corrected chi connectivity index (χ4v) is 1.16. The minimum Gasteiger partial charge on any atom is -0.508 e. The van der Waals surface area contributed by atoms with E-state index in [0.717, 1.165) is 0 Å². The van der Waals surface area contributed by atoms with Gasteiger partial charge in [0.05, 0.1) is 6.10 Å². The monoisotopic (exact) mass is 199 g/mol. The predicted octanol–water partition coefficient (Wildman–Crippen LogP) is 1.22. The van der Waals surface area contributed by atoms with Gasteiger partial charge in [-0.2, -0.15) is 0 Å². The van der Waals surface area contributed by atoms with Crippen LogP contribution in [0.4, 0.5) is 4.39 Å². The van der Waals surface area contributed by atoms with Crippen LogP contribution < -0.4 is 5.73 Å². The molecule has 2 atom stereocenters. The lowest BCUT2D eigenvalue weighted by Gasteiger charge is -2.15. The SMILES string of the molecule is Cc1c(O)cc(C(O)C(C)N)cc1F. The van der Waals surface area contributed by atoms with Gasteiger partial charge in [0.1, 0.15) is 11.6 Å². The molecule has 1 aromatic rings. The summed E-state index contributed by atoms with van der Waals surface area (Å²) in [5.74, 6) is -0.709. The minimum atomic E-state index is -0.962. The molecule has 0 saturated heterocycles. The highest BCUT2D eigenvalue weighted by atomic mass is 19.1. The van der Waals surface area contributed by atoms with Crippen LogP contribution in [0.5, 0.6) is 5.75 Å². The Morgan fingerprint density at radius 1 is 1.43 bits per heavy atom. The molecule has 0 aromatic heterocycles. The number of aliphatic hydroxyl groups is 1. The van der Waals surface area contributed by atoms with Gasteiger partial charge < -0.3 is 15.9 Å². The van der Waals surface area contributed by atoms with Crippen LogP contribution in [0.2, 0.25) is 0 Å². The number of rotatable bonds is 2. The molecule has 1 rings (SSSR count). The van der Waals surface area contributed by atoms with Gasteiger partial charge in [0.25, 0.3) is 0 Å². The summed E-state index contributed by atoms with van der Waals surface area (Å²) in [7, 11) is 0. The smallest absolute Gasteiger partial charge is 0.130 e.